The van der Waals surface area contributed by atoms with Gasteiger partial charge in [0.05, 0.1) is 13.7 Å². The van der Waals surface area contributed by atoms with Crippen LogP contribution in [-0.2, 0) is 4.74 Å². The van der Waals surface area contributed by atoms with E-state index in [0.717, 1.165) is 0 Å². The number of nitrogens with two attached hydrogens (primary N) is 1. The molecule has 0 aliphatic heterocycles. The van der Waals surface area contributed by atoms with Crippen LogP contribution in [0.25, 0.3) is 0 Å². The Bertz CT molecular complexity index is 339. The zero-order valence-corrected chi connectivity index (χ0v) is 8.11. The van der Waals surface area contributed by atoms with E-state index in [-0.39, 0.29) is 11.4 Å². The molecule has 0 bridgehead atoms. The second-order valence-corrected chi connectivity index (χ2v) is 2.51. The summed E-state index contributed by atoms with van der Waals surface area (Å²) < 4.78 is 9.71. The van der Waals surface area contributed by atoms with E-state index >= 15 is 0 Å². The van der Waals surface area contributed by atoms with Gasteiger partial charge in [-0.25, -0.2) is 4.79 Å². The third-order valence-electron chi connectivity index (χ3n) is 1.57. The molecule has 0 aromatic carbocycles. The van der Waals surface area contributed by atoms with Crippen LogP contribution in [-0.4, -0.2) is 24.7 Å². The lowest BCUT2D eigenvalue weighted by Crippen LogP contribution is -2.08. The molecule has 0 amide bonds. The molecule has 0 unspecified atom stereocenters. The van der Waals surface area contributed by atoms with Crippen LogP contribution in [0.4, 0.5) is 5.82 Å². The summed E-state index contributed by atoms with van der Waals surface area (Å²) in [6.07, 6.45) is 0. The highest BCUT2D eigenvalue weighted by molar-refractivity contribution is 5.92. The molecule has 0 aliphatic carbocycles. The van der Waals surface area contributed by atoms with Gasteiger partial charge in [0, 0.05) is 0 Å². The van der Waals surface area contributed by atoms with Crippen LogP contribution < -0.4 is 10.5 Å². The smallest absolute Gasteiger partial charge is 0.343 e. The highest BCUT2D eigenvalue weighted by Crippen LogP contribution is 2.17. The predicted molar refractivity (Wildman–Crippen MR) is 51.2 cm³/mol. The van der Waals surface area contributed by atoms with Gasteiger partial charge in [-0.2, -0.15) is 4.98 Å². The standard InChI is InChI=1S/C9H12N2O3/c1-3-14-9(12)6-4-5-7(10)11-8(6)13-2/h4-5H,3H2,1-2H3,(H2,10,11). The molecule has 0 aliphatic rings. The monoisotopic (exact) mass is 196 g/mol. The lowest BCUT2D eigenvalue weighted by molar-refractivity contribution is 0.0522. The van der Waals surface area contributed by atoms with Gasteiger partial charge in [-0.05, 0) is 19.1 Å². The fourth-order valence-corrected chi connectivity index (χ4v) is 0.975. The first-order valence-corrected chi connectivity index (χ1v) is 4.16. The van der Waals surface area contributed by atoms with Crippen LogP contribution >= 0.6 is 0 Å². The minimum atomic E-state index is -0.461. The van der Waals surface area contributed by atoms with Crippen molar-refractivity contribution in [2.75, 3.05) is 19.5 Å². The zero-order chi connectivity index (χ0) is 10.6. The summed E-state index contributed by atoms with van der Waals surface area (Å²) >= 11 is 0. The summed E-state index contributed by atoms with van der Waals surface area (Å²) in [7, 11) is 1.42. The van der Waals surface area contributed by atoms with Gasteiger partial charge in [-0.15, -0.1) is 0 Å². The molecule has 14 heavy (non-hydrogen) atoms. The van der Waals surface area contributed by atoms with E-state index in [0.29, 0.717) is 12.4 Å². The normalized spacial score (nSPS) is 9.57. The maximum absolute atomic E-state index is 11.4. The molecular weight excluding hydrogens is 184 g/mol. The van der Waals surface area contributed by atoms with Gasteiger partial charge in [0.25, 0.3) is 0 Å². The number of esters is 1. The molecule has 0 spiro atoms. The molecule has 0 saturated carbocycles. The minimum absolute atomic E-state index is 0.184. The summed E-state index contributed by atoms with van der Waals surface area (Å²) in [6.45, 7) is 2.04. The average Bonchev–Trinajstić information content (AvgIpc) is 2.17. The van der Waals surface area contributed by atoms with E-state index < -0.39 is 5.97 Å². The average molecular weight is 196 g/mol. The Kier molecular flexibility index (Phi) is 3.28. The van der Waals surface area contributed by atoms with Crippen molar-refractivity contribution < 1.29 is 14.3 Å². The number of rotatable bonds is 3. The third-order valence-corrected chi connectivity index (χ3v) is 1.57. The Morgan fingerprint density at radius 3 is 2.86 bits per heavy atom. The first-order valence-electron chi connectivity index (χ1n) is 4.16. The maximum atomic E-state index is 11.4. The van der Waals surface area contributed by atoms with Gasteiger partial charge in [0.2, 0.25) is 5.88 Å². The number of carbonyl (C=O) groups excluding carboxylic acids is 1. The summed E-state index contributed by atoms with van der Waals surface area (Å²) in [5.74, 6) is 0.0233. The van der Waals surface area contributed by atoms with Crippen molar-refractivity contribution in [3.63, 3.8) is 0 Å². The van der Waals surface area contributed by atoms with Crippen molar-refractivity contribution in [3.8, 4) is 5.88 Å². The van der Waals surface area contributed by atoms with Crippen LogP contribution in [0.1, 0.15) is 17.3 Å². The van der Waals surface area contributed by atoms with E-state index in [9.17, 15) is 4.79 Å². The highest BCUT2D eigenvalue weighted by Gasteiger charge is 2.14. The van der Waals surface area contributed by atoms with Crippen molar-refractivity contribution in [2.24, 2.45) is 0 Å². The molecule has 5 nitrogen and oxygen atoms in total. The lowest BCUT2D eigenvalue weighted by Gasteiger charge is -2.06. The van der Waals surface area contributed by atoms with Gasteiger partial charge in [-0.1, -0.05) is 0 Å². The number of ether oxygens (including phenoxy) is 2. The first-order chi connectivity index (χ1) is 6.69. The molecule has 0 fully saturated rings. The zero-order valence-electron chi connectivity index (χ0n) is 8.11. The Morgan fingerprint density at radius 1 is 1.57 bits per heavy atom. The van der Waals surface area contributed by atoms with Crippen molar-refractivity contribution in [3.05, 3.63) is 17.7 Å². The van der Waals surface area contributed by atoms with Crippen LogP contribution in [0.15, 0.2) is 12.1 Å². The van der Waals surface area contributed by atoms with Gasteiger partial charge in [-0.3, -0.25) is 0 Å². The largest absolute Gasteiger partial charge is 0.480 e. The fraction of sp³-hybridized carbons (Fsp3) is 0.333. The Hall–Kier alpha value is -1.78. The fourth-order valence-electron chi connectivity index (χ4n) is 0.975. The van der Waals surface area contributed by atoms with Crippen molar-refractivity contribution in [1.82, 2.24) is 4.98 Å². The predicted octanol–water partition coefficient (Wildman–Crippen LogP) is 0.849. The quantitative estimate of drug-likeness (QED) is 0.725. The second kappa shape index (κ2) is 4.45. The third kappa shape index (κ3) is 2.12. The van der Waals surface area contributed by atoms with E-state index in [2.05, 4.69) is 4.98 Å². The number of methoxy groups -OCH3 is 1. The van der Waals surface area contributed by atoms with E-state index in [1.807, 2.05) is 0 Å². The number of nitrogens with zero attached hydrogens (tertiary/aromatic N) is 1. The summed E-state index contributed by atoms with van der Waals surface area (Å²) in [5, 5.41) is 0. The number of nitrogen functional groups attached to an aromatic ring is 1. The van der Waals surface area contributed by atoms with Gasteiger partial charge < -0.3 is 15.2 Å². The summed E-state index contributed by atoms with van der Waals surface area (Å²) in [4.78, 5) is 15.2. The molecule has 1 aromatic rings. The number of pyridine rings is 1. The SMILES string of the molecule is CCOC(=O)c1ccc(N)nc1OC. The number of anilines is 1. The van der Waals surface area contributed by atoms with Gasteiger partial charge in [0.15, 0.2) is 0 Å². The molecule has 1 heterocycles. The molecule has 5 heteroatoms. The van der Waals surface area contributed by atoms with Crippen molar-refractivity contribution >= 4 is 11.8 Å². The molecule has 0 atom stereocenters. The second-order valence-electron chi connectivity index (χ2n) is 2.51. The summed E-state index contributed by atoms with van der Waals surface area (Å²) in [6, 6.07) is 3.05. The van der Waals surface area contributed by atoms with Gasteiger partial charge >= 0.3 is 5.97 Å². The minimum Gasteiger partial charge on any atom is -0.480 e. The number of hydrogen-bond donors (Lipinski definition) is 1. The molecule has 0 saturated heterocycles. The van der Waals surface area contributed by atoms with Crippen LogP contribution in [0, 0.1) is 0 Å². The van der Waals surface area contributed by atoms with E-state index in [1.54, 1.807) is 6.92 Å². The summed E-state index contributed by atoms with van der Waals surface area (Å²) in [5.41, 5.74) is 5.72. The number of hydrogen-bond acceptors (Lipinski definition) is 5. The molecule has 1 rings (SSSR count). The lowest BCUT2D eigenvalue weighted by atomic mass is 10.2. The Labute approximate surface area is 81.8 Å². The Balaban J connectivity index is 3.01. The van der Waals surface area contributed by atoms with Crippen molar-refractivity contribution in [2.45, 2.75) is 6.92 Å². The highest BCUT2D eigenvalue weighted by atomic mass is 16.5. The maximum Gasteiger partial charge on any atom is 0.343 e. The molecule has 1 aromatic heterocycles. The molecular formula is C9H12N2O3. The first kappa shape index (κ1) is 10.3. The Morgan fingerprint density at radius 2 is 2.29 bits per heavy atom. The van der Waals surface area contributed by atoms with E-state index in [1.165, 1.54) is 19.2 Å². The van der Waals surface area contributed by atoms with Crippen LogP contribution in [0.5, 0.6) is 5.88 Å². The molecule has 0 radical (unpaired) electrons. The van der Waals surface area contributed by atoms with Crippen LogP contribution in [0.3, 0.4) is 0 Å². The molecule has 76 valence electrons. The van der Waals surface area contributed by atoms with Crippen molar-refractivity contribution in [1.29, 1.82) is 0 Å². The van der Waals surface area contributed by atoms with Gasteiger partial charge in [0.1, 0.15) is 11.4 Å². The van der Waals surface area contributed by atoms with E-state index in [4.69, 9.17) is 15.2 Å². The number of carbonyl (C=O) groups is 1. The molecule has 2 N–H and O–H groups in total. The topological polar surface area (TPSA) is 74.4 Å². The van der Waals surface area contributed by atoms with Crippen LogP contribution in [0.2, 0.25) is 0 Å². The number of aromatic nitrogens is 1.